The fourth-order valence-electron chi connectivity index (χ4n) is 1.90. The molecule has 0 unspecified atom stereocenters. The van der Waals surface area contributed by atoms with E-state index in [1.54, 1.807) is 6.07 Å². The minimum absolute atomic E-state index is 0.107. The molecule has 0 fully saturated rings. The molecule has 2 heteroatoms. The van der Waals surface area contributed by atoms with Crippen molar-refractivity contribution < 1.29 is 4.79 Å². The molecule has 2 rings (SSSR count). The van der Waals surface area contributed by atoms with Crippen molar-refractivity contribution in [1.82, 2.24) is 0 Å². The normalized spacial score (nSPS) is 10.3. The third-order valence-electron chi connectivity index (χ3n) is 3.21. The number of carbonyl (C=O) groups is 1. The molecule has 0 amide bonds. The molecule has 2 nitrogen and oxygen atoms in total. The van der Waals surface area contributed by atoms with E-state index in [1.807, 2.05) is 50.2 Å². The molecule has 0 aromatic heterocycles. The van der Waals surface area contributed by atoms with Crippen LogP contribution in [-0.2, 0) is 6.42 Å². The molecule has 0 saturated heterocycles. The van der Waals surface area contributed by atoms with E-state index in [9.17, 15) is 4.79 Å². The lowest BCUT2D eigenvalue weighted by Gasteiger charge is -2.06. The molecule has 0 saturated carbocycles. The average molecular weight is 239 g/mol. The van der Waals surface area contributed by atoms with Crippen molar-refractivity contribution in [1.29, 1.82) is 0 Å². The summed E-state index contributed by atoms with van der Waals surface area (Å²) in [5.74, 6) is 0.107. The van der Waals surface area contributed by atoms with Crippen LogP contribution in [0.4, 0.5) is 5.69 Å². The van der Waals surface area contributed by atoms with E-state index < -0.39 is 0 Å². The van der Waals surface area contributed by atoms with Gasteiger partial charge in [0.15, 0.2) is 5.78 Å². The Bertz CT molecular complexity index is 587. The zero-order valence-corrected chi connectivity index (χ0v) is 10.7. The van der Waals surface area contributed by atoms with Crippen LogP contribution >= 0.6 is 0 Å². The minimum atomic E-state index is 0.107. The molecule has 0 aliphatic heterocycles. The van der Waals surface area contributed by atoms with Crippen molar-refractivity contribution in [3.8, 4) is 0 Å². The molecular weight excluding hydrogens is 222 g/mol. The van der Waals surface area contributed by atoms with Crippen LogP contribution in [0, 0.1) is 13.8 Å². The molecule has 18 heavy (non-hydrogen) atoms. The number of nitrogens with two attached hydrogens (primary N) is 1. The predicted octanol–water partition coefficient (Wildman–Crippen LogP) is 3.31. The van der Waals surface area contributed by atoms with Gasteiger partial charge in [-0.3, -0.25) is 4.79 Å². The largest absolute Gasteiger partial charge is 0.398 e. The number of nitrogen functional groups attached to an aromatic ring is 1. The summed E-state index contributed by atoms with van der Waals surface area (Å²) in [6.07, 6.45) is 0.426. The number of anilines is 1. The SMILES string of the molecule is Cc1ccc(C(=O)Cc2ccccc2C)cc1N. The molecule has 0 atom stereocenters. The highest BCUT2D eigenvalue weighted by atomic mass is 16.1. The average Bonchev–Trinajstić information content (AvgIpc) is 2.35. The Hall–Kier alpha value is -2.09. The first-order valence-electron chi connectivity index (χ1n) is 6.02. The zero-order valence-electron chi connectivity index (χ0n) is 10.7. The molecule has 0 aliphatic carbocycles. The summed E-state index contributed by atoms with van der Waals surface area (Å²) >= 11 is 0. The van der Waals surface area contributed by atoms with E-state index in [0.717, 1.165) is 16.7 Å². The van der Waals surface area contributed by atoms with Crippen molar-refractivity contribution in [2.45, 2.75) is 20.3 Å². The lowest BCUT2D eigenvalue weighted by atomic mass is 9.98. The van der Waals surface area contributed by atoms with Crippen LogP contribution in [0.3, 0.4) is 0 Å². The Morgan fingerprint density at radius 3 is 2.44 bits per heavy atom. The molecule has 0 spiro atoms. The summed E-state index contributed by atoms with van der Waals surface area (Å²) in [5, 5.41) is 0. The van der Waals surface area contributed by atoms with Gasteiger partial charge in [0.1, 0.15) is 0 Å². The van der Waals surface area contributed by atoms with Crippen LogP contribution in [0.5, 0.6) is 0 Å². The molecule has 92 valence electrons. The second-order valence-corrected chi connectivity index (χ2v) is 4.60. The summed E-state index contributed by atoms with van der Waals surface area (Å²) in [6, 6.07) is 13.4. The van der Waals surface area contributed by atoms with Crippen LogP contribution in [0.25, 0.3) is 0 Å². The summed E-state index contributed by atoms with van der Waals surface area (Å²) in [6.45, 7) is 3.96. The van der Waals surface area contributed by atoms with Crippen LogP contribution < -0.4 is 5.73 Å². The van der Waals surface area contributed by atoms with Gasteiger partial charge in [-0.05, 0) is 36.6 Å². The number of hydrogen-bond donors (Lipinski definition) is 1. The van der Waals surface area contributed by atoms with Gasteiger partial charge in [-0.2, -0.15) is 0 Å². The lowest BCUT2D eigenvalue weighted by Crippen LogP contribution is -2.06. The Morgan fingerprint density at radius 1 is 1.06 bits per heavy atom. The van der Waals surface area contributed by atoms with E-state index in [0.29, 0.717) is 17.7 Å². The van der Waals surface area contributed by atoms with E-state index in [4.69, 9.17) is 5.73 Å². The highest BCUT2D eigenvalue weighted by Gasteiger charge is 2.09. The molecular formula is C16H17NO. The molecule has 0 radical (unpaired) electrons. The highest BCUT2D eigenvalue weighted by molar-refractivity contribution is 5.98. The Balaban J connectivity index is 2.22. The Morgan fingerprint density at radius 2 is 1.78 bits per heavy atom. The van der Waals surface area contributed by atoms with Crippen molar-refractivity contribution in [3.05, 3.63) is 64.7 Å². The topological polar surface area (TPSA) is 43.1 Å². The minimum Gasteiger partial charge on any atom is -0.398 e. The van der Waals surface area contributed by atoms with Crippen molar-refractivity contribution in [2.24, 2.45) is 0 Å². The number of benzene rings is 2. The smallest absolute Gasteiger partial charge is 0.167 e. The van der Waals surface area contributed by atoms with Crippen LogP contribution in [0.15, 0.2) is 42.5 Å². The van der Waals surface area contributed by atoms with Gasteiger partial charge < -0.3 is 5.73 Å². The highest BCUT2D eigenvalue weighted by Crippen LogP contribution is 2.16. The number of ketones is 1. The molecule has 2 aromatic rings. The summed E-state index contributed by atoms with van der Waals surface area (Å²) in [7, 11) is 0. The quantitative estimate of drug-likeness (QED) is 0.659. The number of aryl methyl sites for hydroxylation is 2. The second-order valence-electron chi connectivity index (χ2n) is 4.60. The predicted molar refractivity (Wildman–Crippen MR) is 74.8 cm³/mol. The number of carbonyl (C=O) groups excluding carboxylic acids is 1. The summed E-state index contributed by atoms with van der Waals surface area (Å²) in [5.41, 5.74) is 10.4. The van der Waals surface area contributed by atoms with Crippen LogP contribution in [-0.4, -0.2) is 5.78 Å². The van der Waals surface area contributed by atoms with Gasteiger partial charge in [0.25, 0.3) is 0 Å². The molecule has 0 aliphatic rings. The first-order valence-corrected chi connectivity index (χ1v) is 6.02. The lowest BCUT2D eigenvalue weighted by molar-refractivity contribution is 0.0993. The van der Waals surface area contributed by atoms with Gasteiger partial charge in [0, 0.05) is 17.7 Å². The van der Waals surface area contributed by atoms with Crippen LogP contribution in [0.1, 0.15) is 27.0 Å². The van der Waals surface area contributed by atoms with Crippen molar-refractivity contribution in [3.63, 3.8) is 0 Å². The van der Waals surface area contributed by atoms with Gasteiger partial charge >= 0.3 is 0 Å². The van der Waals surface area contributed by atoms with Gasteiger partial charge in [-0.1, -0.05) is 36.4 Å². The van der Waals surface area contributed by atoms with Gasteiger partial charge in [-0.15, -0.1) is 0 Å². The van der Waals surface area contributed by atoms with Gasteiger partial charge in [0.2, 0.25) is 0 Å². The molecule has 2 aromatic carbocycles. The van der Waals surface area contributed by atoms with Gasteiger partial charge in [-0.25, -0.2) is 0 Å². The van der Waals surface area contributed by atoms with Crippen molar-refractivity contribution >= 4 is 11.5 Å². The zero-order chi connectivity index (χ0) is 13.1. The molecule has 2 N–H and O–H groups in total. The van der Waals surface area contributed by atoms with Crippen LogP contribution in [0.2, 0.25) is 0 Å². The summed E-state index contributed by atoms with van der Waals surface area (Å²) < 4.78 is 0. The van der Waals surface area contributed by atoms with E-state index in [2.05, 4.69) is 0 Å². The summed E-state index contributed by atoms with van der Waals surface area (Å²) in [4.78, 5) is 12.2. The number of hydrogen-bond acceptors (Lipinski definition) is 2. The van der Waals surface area contributed by atoms with E-state index >= 15 is 0 Å². The van der Waals surface area contributed by atoms with Gasteiger partial charge in [0.05, 0.1) is 0 Å². The third kappa shape index (κ3) is 2.59. The molecule has 0 heterocycles. The Kier molecular flexibility index (Phi) is 3.47. The fourth-order valence-corrected chi connectivity index (χ4v) is 1.90. The first kappa shape index (κ1) is 12.4. The maximum atomic E-state index is 12.2. The maximum absolute atomic E-state index is 12.2. The maximum Gasteiger partial charge on any atom is 0.167 e. The first-order chi connectivity index (χ1) is 8.58. The Labute approximate surface area is 107 Å². The standard InChI is InChI=1S/C16H17NO/c1-11-5-3-4-6-13(11)10-16(18)14-8-7-12(2)15(17)9-14/h3-9H,10,17H2,1-2H3. The number of Topliss-reactive ketones (excluding diaryl/α,β-unsaturated/α-hetero) is 1. The number of rotatable bonds is 3. The molecule has 0 bridgehead atoms. The fraction of sp³-hybridized carbons (Fsp3) is 0.188. The monoisotopic (exact) mass is 239 g/mol. The second kappa shape index (κ2) is 5.05. The van der Waals surface area contributed by atoms with E-state index in [-0.39, 0.29) is 5.78 Å². The third-order valence-corrected chi connectivity index (χ3v) is 3.21. The van der Waals surface area contributed by atoms with E-state index in [1.165, 1.54) is 0 Å². The van der Waals surface area contributed by atoms with Crippen molar-refractivity contribution in [2.75, 3.05) is 5.73 Å².